The molecule has 7 heteroatoms. The van der Waals surface area contributed by atoms with Gasteiger partial charge in [0.1, 0.15) is 0 Å². The molecule has 0 aliphatic rings. The van der Waals surface area contributed by atoms with Crippen molar-refractivity contribution in [2.75, 3.05) is 52.8 Å². The minimum Gasteiger partial charge on any atom is -0.382 e. The highest BCUT2D eigenvalue weighted by molar-refractivity contribution is 14.0. The molecule has 0 rings (SSSR count). The van der Waals surface area contributed by atoms with E-state index in [0.717, 1.165) is 45.0 Å². The number of aliphatic imine (C=N–C) groups is 1. The first-order chi connectivity index (χ1) is 10.1. The molecule has 0 fully saturated rings. The number of hydrogen-bond donors (Lipinski definition) is 2. The molecule has 0 amide bonds. The average Bonchev–Trinajstić information content (AvgIpc) is 2.47. The van der Waals surface area contributed by atoms with Crippen LogP contribution >= 0.6 is 35.7 Å². The maximum atomic E-state index is 5.43. The highest BCUT2D eigenvalue weighted by atomic mass is 127. The lowest BCUT2D eigenvalue weighted by atomic mass is 10.2. The van der Waals surface area contributed by atoms with Gasteiger partial charge in [-0.1, -0.05) is 0 Å². The number of guanidine groups is 1. The second kappa shape index (κ2) is 16.1. The lowest BCUT2D eigenvalue weighted by Crippen LogP contribution is -2.39. The lowest BCUT2D eigenvalue weighted by molar-refractivity contribution is 0.0689. The smallest absolute Gasteiger partial charge is 0.191 e. The Morgan fingerprint density at radius 2 is 1.86 bits per heavy atom. The number of ether oxygens (including phenoxy) is 2. The van der Waals surface area contributed by atoms with Crippen molar-refractivity contribution in [3.63, 3.8) is 0 Å². The van der Waals surface area contributed by atoms with Gasteiger partial charge in [0, 0.05) is 31.6 Å². The molecular formula is C15H34IN3O2S. The van der Waals surface area contributed by atoms with Crippen LogP contribution in [0, 0.1) is 0 Å². The number of thioether (sulfide) groups is 1. The molecule has 0 aromatic carbocycles. The summed E-state index contributed by atoms with van der Waals surface area (Å²) in [5.74, 6) is 0.903. The van der Waals surface area contributed by atoms with Gasteiger partial charge >= 0.3 is 0 Å². The summed E-state index contributed by atoms with van der Waals surface area (Å²) in [5, 5.41) is 6.65. The van der Waals surface area contributed by atoms with Crippen LogP contribution in [0.15, 0.2) is 4.99 Å². The number of hydrogen-bond acceptors (Lipinski definition) is 4. The molecule has 0 spiro atoms. The molecule has 134 valence electrons. The number of nitrogens with one attached hydrogen (secondary N) is 2. The Bertz CT molecular complexity index is 280. The summed E-state index contributed by atoms with van der Waals surface area (Å²) < 4.78 is 10.5. The van der Waals surface area contributed by atoms with Crippen molar-refractivity contribution >= 4 is 41.7 Å². The van der Waals surface area contributed by atoms with Gasteiger partial charge in [0.05, 0.1) is 19.8 Å². The Labute approximate surface area is 157 Å². The zero-order chi connectivity index (χ0) is 16.0. The van der Waals surface area contributed by atoms with E-state index in [9.17, 15) is 0 Å². The van der Waals surface area contributed by atoms with Crippen LogP contribution in [-0.4, -0.2) is 63.5 Å². The van der Waals surface area contributed by atoms with Crippen LogP contribution in [0.4, 0.5) is 0 Å². The molecule has 0 aliphatic heterocycles. The van der Waals surface area contributed by atoms with Crippen LogP contribution in [0.3, 0.4) is 0 Å². The monoisotopic (exact) mass is 447 g/mol. The number of unbranched alkanes of at least 4 members (excludes halogenated alkanes) is 1. The van der Waals surface area contributed by atoms with Gasteiger partial charge in [-0.3, -0.25) is 4.99 Å². The number of halogens is 1. The first-order valence-corrected chi connectivity index (χ1v) is 8.92. The number of methoxy groups -OCH3 is 1. The Morgan fingerprint density at radius 3 is 2.45 bits per heavy atom. The molecule has 22 heavy (non-hydrogen) atoms. The van der Waals surface area contributed by atoms with Crippen LogP contribution in [-0.2, 0) is 9.47 Å². The minimum atomic E-state index is 0. The third-order valence-electron chi connectivity index (χ3n) is 2.95. The average molecular weight is 447 g/mol. The Kier molecular flexibility index (Phi) is 18.0. The summed E-state index contributed by atoms with van der Waals surface area (Å²) in [7, 11) is 1.69. The topological polar surface area (TPSA) is 54.9 Å². The third-order valence-corrected chi connectivity index (χ3v) is 4.19. The maximum Gasteiger partial charge on any atom is 0.191 e. The predicted molar refractivity (Wildman–Crippen MR) is 109 cm³/mol. The molecule has 2 N–H and O–H groups in total. The minimum absolute atomic E-state index is 0. The Morgan fingerprint density at radius 1 is 1.14 bits per heavy atom. The van der Waals surface area contributed by atoms with Crippen LogP contribution in [0.5, 0.6) is 0 Å². The first kappa shape index (κ1) is 24.5. The zero-order valence-corrected chi connectivity index (χ0v) is 17.9. The van der Waals surface area contributed by atoms with Crippen LogP contribution in [0.1, 0.15) is 33.6 Å². The van der Waals surface area contributed by atoms with E-state index in [-0.39, 0.29) is 28.7 Å². The molecule has 5 nitrogen and oxygen atoms in total. The lowest BCUT2D eigenvalue weighted by Gasteiger charge is -2.20. The highest BCUT2D eigenvalue weighted by Gasteiger charge is 2.15. The van der Waals surface area contributed by atoms with Crippen molar-refractivity contribution in [2.24, 2.45) is 4.99 Å². The van der Waals surface area contributed by atoms with Gasteiger partial charge in [0.2, 0.25) is 0 Å². The molecule has 0 saturated carbocycles. The fraction of sp³-hybridized carbons (Fsp3) is 0.933. The second-order valence-corrected chi connectivity index (χ2v) is 6.91. The summed E-state index contributed by atoms with van der Waals surface area (Å²) >= 11 is 1.84. The molecule has 0 aromatic rings. The van der Waals surface area contributed by atoms with Gasteiger partial charge in [-0.2, -0.15) is 11.8 Å². The van der Waals surface area contributed by atoms with E-state index in [1.54, 1.807) is 7.11 Å². The van der Waals surface area contributed by atoms with E-state index in [2.05, 4.69) is 42.7 Å². The van der Waals surface area contributed by atoms with E-state index in [1.165, 1.54) is 0 Å². The van der Waals surface area contributed by atoms with Crippen LogP contribution < -0.4 is 10.6 Å². The molecule has 0 aliphatic carbocycles. The molecule has 0 aromatic heterocycles. The van der Waals surface area contributed by atoms with Crippen molar-refractivity contribution in [1.29, 1.82) is 0 Å². The largest absolute Gasteiger partial charge is 0.382 e. The Balaban J connectivity index is 0. The van der Waals surface area contributed by atoms with Gasteiger partial charge in [-0.05, 0) is 39.9 Å². The zero-order valence-electron chi connectivity index (χ0n) is 14.7. The maximum absolute atomic E-state index is 5.43. The molecule has 0 saturated heterocycles. The third kappa shape index (κ3) is 15.2. The van der Waals surface area contributed by atoms with Crippen LogP contribution in [0.2, 0.25) is 0 Å². The molecule has 0 bridgehead atoms. The van der Waals surface area contributed by atoms with E-state index < -0.39 is 0 Å². The van der Waals surface area contributed by atoms with Crippen molar-refractivity contribution in [2.45, 2.75) is 38.4 Å². The second-order valence-electron chi connectivity index (χ2n) is 5.40. The molecular weight excluding hydrogens is 413 g/mol. The predicted octanol–water partition coefficient (Wildman–Crippen LogP) is 2.74. The van der Waals surface area contributed by atoms with Crippen molar-refractivity contribution in [3.8, 4) is 0 Å². The van der Waals surface area contributed by atoms with Crippen molar-refractivity contribution in [1.82, 2.24) is 10.6 Å². The summed E-state index contributed by atoms with van der Waals surface area (Å²) in [6, 6.07) is 0. The first-order valence-electron chi connectivity index (χ1n) is 7.69. The summed E-state index contributed by atoms with van der Waals surface area (Å²) in [6.07, 6.45) is 4.25. The van der Waals surface area contributed by atoms with Gasteiger partial charge in [0.25, 0.3) is 0 Å². The highest BCUT2D eigenvalue weighted by Crippen LogP contribution is 2.20. The van der Waals surface area contributed by atoms with E-state index >= 15 is 0 Å². The number of nitrogens with zero attached hydrogens (tertiary/aromatic N) is 1. The van der Waals surface area contributed by atoms with E-state index in [4.69, 9.17) is 9.47 Å². The van der Waals surface area contributed by atoms with Crippen molar-refractivity contribution < 1.29 is 9.47 Å². The summed E-state index contributed by atoms with van der Waals surface area (Å²) in [4.78, 5) is 4.64. The summed E-state index contributed by atoms with van der Waals surface area (Å²) in [5.41, 5.74) is 0. The quantitative estimate of drug-likeness (QED) is 0.209. The normalized spacial score (nSPS) is 12.0. The fourth-order valence-corrected chi connectivity index (χ4v) is 1.65. The SMILES string of the molecule is CCNC(=NCC(C)(C)SC)NCCCCOCCOC.I. The van der Waals surface area contributed by atoms with Gasteiger partial charge < -0.3 is 20.1 Å². The van der Waals surface area contributed by atoms with E-state index in [0.29, 0.717) is 13.2 Å². The fourth-order valence-electron chi connectivity index (χ4n) is 1.46. The molecule has 0 radical (unpaired) electrons. The van der Waals surface area contributed by atoms with E-state index in [1.807, 2.05) is 11.8 Å². The molecule has 0 heterocycles. The molecule has 0 unspecified atom stereocenters. The van der Waals surface area contributed by atoms with Gasteiger partial charge in [-0.25, -0.2) is 0 Å². The van der Waals surface area contributed by atoms with Gasteiger partial charge in [-0.15, -0.1) is 24.0 Å². The Hall–Kier alpha value is 0.270. The standard InChI is InChI=1S/C15H33N3O2S.HI/c1-6-16-14(18-13-15(2,3)21-5)17-9-7-8-10-20-12-11-19-4;/h6-13H2,1-5H3,(H2,16,17,18);1H. The van der Waals surface area contributed by atoms with Gasteiger partial charge in [0.15, 0.2) is 5.96 Å². The number of rotatable bonds is 12. The van der Waals surface area contributed by atoms with Crippen molar-refractivity contribution in [3.05, 3.63) is 0 Å². The summed E-state index contributed by atoms with van der Waals surface area (Å²) in [6.45, 7) is 11.2. The molecule has 0 atom stereocenters. The van der Waals surface area contributed by atoms with Crippen LogP contribution in [0.25, 0.3) is 0 Å².